The average Bonchev–Trinajstić information content (AvgIpc) is 2.59. The Balaban J connectivity index is 3.53. The highest BCUT2D eigenvalue weighted by Gasteiger charge is 2.14. The van der Waals surface area contributed by atoms with Gasteiger partial charge in [0.15, 0.2) is 0 Å². The molecule has 0 radical (unpaired) electrons. The summed E-state index contributed by atoms with van der Waals surface area (Å²) in [5.41, 5.74) is 8.02. The minimum Gasteiger partial charge on any atom is -0.481 e. The predicted octanol–water partition coefficient (Wildman–Crippen LogP) is -0.618. The standard InChI is InChI=1S/C12H23N5O9S/c13-17-14-2-6-26-12(20)16-27(21,22)15-3-5-24-8-10-25-9-7-23-4-1-11(18)19/h15H,1-10H2,(H,16,20)(H,18,19). The van der Waals surface area contributed by atoms with Crippen LogP contribution in [0.1, 0.15) is 6.42 Å². The van der Waals surface area contributed by atoms with Gasteiger partial charge in [-0.2, -0.15) is 13.1 Å². The minimum absolute atomic E-state index is 0.0469. The lowest BCUT2D eigenvalue weighted by atomic mass is 10.5. The first kappa shape index (κ1) is 24.8. The van der Waals surface area contributed by atoms with E-state index in [1.165, 1.54) is 0 Å². The molecule has 0 heterocycles. The third-order valence-electron chi connectivity index (χ3n) is 2.45. The van der Waals surface area contributed by atoms with Crippen molar-refractivity contribution in [1.29, 1.82) is 0 Å². The van der Waals surface area contributed by atoms with Crippen LogP contribution in [0.15, 0.2) is 5.11 Å². The van der Waals surface area contributed by atoms with Crippen molar-refractivity contribution in [2.45, 2.75) is 6.42 Å². The number of carboxylic acids is 1. The molecule has 0 rings (SSSR count). The van der Waals surface area contributed by atoms with Crippen molar-refractivity contribution in [2.24, 2.45) is 5.11 Å². The highest BCUT2D eigenvalue weighted by atomic mass is 32.2. The van der Waals surface area contributed by atoms with Crippen LogP contribution in [0.25, 0.3) is 10.4 Å². The Morgan fingerprint density at radius 3 is 2.19 bits per heavy atom. The molecule has 3 N–H and O–H groups in total. The van der Waals surface area contributed by atoms with Crippen molar-refractivity contribution >= 4 is 22.3 Å². The largest absolute Gasteiger partial charge is 0.481 e. The molecule has 0 saturated carbocycles. The fourth-order valence-corrected chi connectivity index (χ4v) is 2.05. The van der Waals surface area contributed by atoms with Gasteiger partial charge in [-0.1, -0.05) is 5.11 Å². The van der Waals surface area contributed by atoms with E-state index in [1.807, 2.05) is 0 Å². The highest BCUT2D eigenvalue weighted by Crippen LogP contribution is 1.86. The van der Waals surface area contributed by atoms with Crippen LogP contribution in [-0.2, 0) is 34.0 Å². The van der Waals surface area contributed by atoms with Gasteiger partial charge in [-0.25, -0.2) is 9.52 Å². The molecule has 0 saturated heterocycles. The van der Waals surface area contributed by atoms with Crippen LogP contribution >= 0.6 is 0 Å². The summed E-state index contributed by atoms with van der Waals surface area (Å²) in [5.74, 6) is -0.933. The van der Waals surface area contributed by atoms with Gasteiger partial charge in [0.25, 0.3) is 0 Å². The minimum atomic E-state index is -4.09. The van der Waals surface area contributed by atoms with Crippen LogP contribution in [0, 0.1) is 0 Å². The van der Waals surface area contributed by atoms with E-state index >= 15 is 0 Å². The summed E-state index contributed by atoms with van der Waals surface area (Å²) in [6.07, 6.45) is -1.27. The van der Waals surface area contributed by atoms with Gasteiger partial charge in [-0.3, -0.25) is 4.79 Å². The molecule has 0 unspecified atom stereocenters. The SMILES string of the molecule is [N-]=[N+]=NCCOC(=O)NS(=O)(=O)NCCOCCOCCOCCC(=O)O. The highest BCUT2D eigenvalue weighted by molar-refractivity contribution is 7.88. The molecule has 0 aromatic carbocycles. The number of amides is 1. The monoisotopic (exact) mass is 413 g/mol. The fourth-order valence-electron chi connectivity index (χ4n) is 1.35. The molecule has 0 aliphatic carbocycles. The first-order valence-electron chi connectivity index (χ1n) is 7.77. The Labute approximate surface area is 155 Å². The summed E-state index contributed by atoms with van der Waals surface area (Å²) in [6.45, 7) is 0.728. The Morgan fingerprint density at radius 2 is 1.59 bits per heavy atom. The van der Waals surface area contributed by atoms with Crippen molar-refractivity contribution in [1.82, 2.24) is 9.44 Å². The number of carbonyl (C=O) groups excluding carboxylic acids is 1. The molecule has 0 atom stereocenters. The summed E-state index contributed by atoms with van der Waals surface area (Å²) >= 11 is 0. The number of nitrogens with one attached hydrogen (secondary N) is 2. The molecule has 0 aromatic rings. The van der Waals surface area contributed by atoms with Crippen LogP contribution < -0.4 is 9.44 Å². The molecular weight excluding hydrogens is 390 g/mol. The maximum Gasteiger partial charge on any atom is 0.421 e. The number of ether oxygens (including phenoxy) is 4. The number of nitrogens with zero attached hydrogens (tertiary/aromatic N) is 3. The molecule has 14 nitrogen and oxygen atoms in total. The molecule has 156 valence electrons. The van der Waals surface area contributed by atoms with Crippen molar-refractivity contribution in [3.05, 3.63) is 10.4 Å². The Hall–Kier alpha value is -2.16. The average molecular weight is 413 g/mol. The van der Waals surface area contributed by atoms with Crippen molar-refractivity contribution in [3.63, 3.8) is 0 Å². The number of carboxylic acid groups (broad SMARTS) is 1. The molecule has 0 bridgehead atoms. The van der Waals surface area contributed by atoms with Gasteiger partial charge in [0.2, 0.25) is 0 Å². The molecule has 1 amide bonds. The van der Waals surface area contributed by atoms with Gasteiger partial charge in [0.1, 0.15) is 0 Å². The van der Waals surface area contributed by atoms with Gasteiger partial charge >= 0.3 is 22.3 Å². The van der Waals surface area contributed by atoms with E-state index in [-0.39, 0.29) is 65.8 Å². The maximum absolute atomic E-state index is 11.5. The zero-order valence-electron chi connectivity index (χ0n) is 14.5. The van der Waals surface area contributed by atoms with E-state index in [0.717, 1.165) is 0 Å². The van der Waals surface area contributed by atoms with Gasteiger partial charge in [0, 0.05) is 11.5 Å². The van der Waals surface area contributed by atoms with E-state index in [2.05, 4.69) is 19.5 Å². The Morgan fingerprint density at radius 1 is 1.00 bits per heavy atom. The number of hydrogen-bond acceptors (Lipinski definition) is 9. The third-order valence-corrected chi connectivity index (χ3v) is 3.47. The second-order valence-electron chi connectivity index (χ2n) is 4.57. The predicted molar refractivity (Wildman–Crippen MR) is 90.1 cm³/mol. The fraction of sp³-hybridized carbons (Fsp3) is 0.833. The van der Waals surface area contributed by atoms with Crippen molar-refractivity contribution in [2.75, 3.05) is 59.3 Å². The molecule has 0 fully saturated rings. The summed E-state index contributed by atoms with van der Waals surface area (Å²) in [4.78, 5) is 23.8. The molecule has 0 spiro atoms. The second kappa shape index (κ2) is 16.0. The first-order chi connectivity index (χ1) is 12.9. The van der Waals surface area contributed by atoms with E-state index in [0.29, 0.717) is 0 Å². The van der Waals surface area contributed by atoms with Gasteiger partial charge in [0.05, 0.1) is 59.2 Å². The molecule has 0 aliphatic rings. The number of rotatable bonds is 17. The topological polar surface area (TPSA) is 198 Å². The van der Waals surface area contributed by atoms with E-state index in [4.69, 9.17) is 24.8 Å². The van der Waals surface area contributed by atoms with Crippen LogP contribution in [0.5, 0.6) is 0 Å². The lowest BCUT2D eigenvalue weighted by molar-refractivity contribution is -0.138. The van der Waals surface area contributed by atoms with Crippen LogP contribution in [0.3, 0.4) is 0 Å². The summed E-state index contributed by atoms with van der Waals surface area (Å²) in [6, 6.07) is 0. The molecule has 27 heavy (non-hydrogen) atoms. The summed E-state index contributed by atoms with van der Waals surface area (Å²) in [7, 11) is -4.09. The Bertz CT molecular complexity index is 580. The van der Waals surface area contributed by atoms with Gasteiger partial charge in [-0.05, 0) is 5.53 Å². The molecule has 0 aliphatic heterocycles. The normalized spacial score (nSPS) is 10.8. The second-order valence-corrected chi connectivity index (χ2v) is 6.07. The number of carbonyl (C=O) groups is 2. The van der Waals surface area contributed by atoms with Gasteiger partial charge < -0.3 is 24.1 Å². The smallest absolute Gasteiger partial charge is 0.421 e. The first-order valence-corrected chi connectivity index (χ1v) is 9.25. The molecule has 15 heteroatoms. The van der Waals surface area contributed by atoms with Gasteiger partial charge in [-0.15, -0.1) is 0 Å². The lowest BCUT2D eigenvalue weighted by Crippen LogP contribution is -2.42. The summed E-state index contributed by atoms with van der Waals surface area (Å²) in [5, 5.41) is 11.5. The number of azide groups is 1. The zero-order valence-corrected chi connectivity index (χ0v) is 15.4. The molecular formula is C12H23N5O9S. The Kier molecular flexibility index (Phi) is 14.8. The van der Waals surface area contributed by atoms with E-state index in [9.17, 15) is 18.0 Å². The number of hydrogen-bond donors (Lipinski definition) is 3. The third kappa shape index (κ3) is 18.4. The lowest BCUT2D eigenvalue weighted by Gasteiger charge is -2.09. The number of aliphatic carboxylic acids is 1. The zero-order chi connectivity index (χ0) is 20.4. The summed E-state index contributed by atoms with van der Waals surface area (Å²) < 4.78 is 46.4. The van der Waals surface area contributed by atoms with E-state index < -0.39 is 22.3 Å². The molecule has 0 aromatic heterocycles. The van der Waals surface area contributed by atoms with Crippen LogP contribution in [0.4, 0.5) is 4.79 Å². The quantitative estimate of drug-likeness (QED) is 0.120. The van der Waals surface area contributed by atoms with Crippen molar-refractivity contribution < 1.29 is 42.1 Å². The van der Waals surface area contributed by atoms with Crippen LogP contribution in [0.2, 0.25) is 0 Å². The van der Waals surface area contributed by atoms with Crippen LogP contribution in [-0.4, -0.2) is 84.9 Å². The maximum atomic E-state index is 11.5. The van der Waals surface area contributed by atoms with Crippen molar-refractivity contribution in [3.8, 4) is 0 Å². The van der Waals surface area contributed by atoms with E-state index in [1.54, 1.807) is 4.72 Å².